The van der Waals surface area contributed by atoms with Gasteiger partial charge in [0.1, 0.15) is 23.9 Å². The molecule has 0 amide bonds. The molecule has 0 bridgehead atoms. The van der Waals surface area contributed by atoms with Crippen molar-refractivity contribution in [3.05, 3.63) is 69.2 Å². The van der Waals surface area contributed by atoms with Crippen molar-refractivity contribution >= 4 is 28.1 Å². The predicted molar refractivity (Wildman–Crippen MR) is 152 cm³/mol. The number of aryl methyl sites for hydroxylation is 1. The first-order chi connectivity index (χ1) is 19.8. The van der Waals surface area contributed by atoms with E-state index in [9.17, 15) is 18.4 Å². The van der Waals surface area contributed by atoms with Gasteiger partial charge in [-0.3, -0.25) is 9.80 Å². The fraction of sp³-hybridized carbons (Fsp3) is 0.448. The van der Waals surface area contributed by atoms with Gasteiger partial charge in [-0.25, -0.2) is 15.0 Å². The SMILES string of the molecule is Cc1c(CN2CCC(Nc3ncnc4c3CCN(CC(F)(F)F)C4)CC2)ccc2c1cc(C#N)n2Cc1cscn1. The summed E-state index contributed by atoms with van der Waals surface area (Å²) in [5, 5.41) is 16.4. The number of thiazole rings is 1. The molecule has 0 unspecified atom stereocenters. The lowest BCUT2D eigenvalue weighted by atomic mass is 10.00. The fourth-order valence-electron chi connectivity index (χ4n) is 6.02. The highest BCUT2D eigenvalue weighted by molar-refractivity contribution is 7.07. The van der Waals surface area contributed by atoms with Crippen LogP contribution < -0.4 is 5.32 Å². The number of nitrogens with one attached hydrogen (secondary N) is 1. The number of rotatable bonds is 7. The van der Waals surface area contributed by atoms with Crippen molar-refractivity contribution < 1.29 is 13.2 Å². The van der Waals surface area contributed by atoms with Crippen molar-refractivity contribution in [1.82, 2.24) is 29.3 Å². The number of nitrogens with zero attached hydrogens (tertiary/aromatic N) is 7. The number of hydrogen-bond acceptors (Lipinski definition) is 8. The number of aromatic nitrogens is 4. The highest BCUT2D eigenvalue weighted by atomic mass is 32.1. The Morgan fingerprint density at radius 2 is 1.93 bits per heavy atom. The van der Waals surface area contributed by atoms with Gasteiger partial charge >= 0.3 is 6.18 Å². The summed E-state index contributed by atoms with van der Waals surface area (Å²) in [4.78, 5) is 17.0. The average molecular weight is 581 g/mol. The first-order valence-corrected chi connectivity index (χ1v) is 14.7. The smallest absolute Gasteiger partial charge is 0.367 e. The summed E-state index contributed by atoms with van der Waals surface area (Å²) >= 11 is 1.55. The number of piperidine rings is 1. The minimum atomic E-state index is -4.21. The largest absolute Gasteiger partial charge is 0.401 e. The van der Waals surface area contributed by atoms with Crippen molar-refractivity contribution in [3.63, 3.8) is 0 Å². The van der Waals surface area contributed by atoms with Crippen LogP contribution in [-0.2, 0) is 26.1 Å². The molecule has 2 aliphatic heterocycles. The second kappa shape index (κ2) is 11.4. The maximum absolute atomic E-state index is 12.9. The second-order valence-electron chi connectivity index (χ2n) is 10.9. The number of alkyl halides is 3. The van der Waals surface area contributed by atoms with E-state index in [2.05, 4.69) is 50.3 Å². The van der Waals surface area contributed by atoms with Crippen molar-refractivity contribution in [2.75, 3.05) is 31.5 Å². The Hall–Kier alpha value is -3.53. The molecule has 2 aliphatic rings. The highest BCUT2D eigenvalue weighted by Crippen LogP contribution is 2.30. The average Bonchev–Trinajstić information content (AvgIpc) is 3.59. The first kappa shape index (κ1) is 27.6. The number of anilines is 1. The first-order valence-electron chi connectivity index (χ1n) is 13.8. The van der Waals surface area contributed by atoms with Crippen LogP contribution in [0.4, 0.5) is 19.0 Å². The Labute approximate surface area is 240 Å². The molecule has 1 aromatic carbocycles. The molecule has 8 nitrogen and oxygen atoms in total. The molecule has 4 aromatic rings. The number of nitriles is 1. The maximum atomic E-state index is 12.9. The van der Waals surface area contributed by atoms with Crippen molar-refractivity contribution in [3.8, 4) is 6.07 Å². The molecular formula is C29H31F3N8S. The van der Waals surface area contributed by atoms with E-state index in [0.717, 1.165) is 60.5 Å². The highest BCUT2D eigenvalue weighted by Gasteiger charge is 2.33. The van der Waals surface area contributed by atoms with Gasteiger partial charge in [0.05, 0.1) is 30.0 Å². The van der Waals surface area contributed by atoms with E-state index in [1.54, 1.807) is 11.3 Å². The van der Waals surface area contributed by atoms with Gasteiger partial charge in [0.2, 0.25) is 0 Å². The zero-order chi connectivity index (χ0) is 28.6. The summed E-state index contributed by atoms with van der Waals surface area (Å²) < 4.78 is 40.6. The summed E-state index contributed by atoms with van der Waals surface area (Å²) in [6.45, 7) is 5.03. The molecule has 6 rings (SSSR count). The van der Waals surface area contributed by atoms with Crippen LogP contribution in [0.2, 0.25) is 0 Å². The maximum Gasteiger partial charge on any atom is 0.401 e. The van der Waals surface area contributed by atoms with Gasteiger partial charge in [-0.1, -0.05) is 6.07 Å². The van der Waals surface area contributed by atoms with Crippen molar-refractivity contribution in [2.45, 2.75) is 58.0 Å². The van der Waals surface area contributed by atoms with E-state index in [1.165, 1.54) is 22.4 Å². The third-order valence-corrected chi connectivity index (χ3v) is 8.83. The molecule has 12 heteroatoms. The molecule has 5 heterocycles. The third kappa shape index (κ3) is 6.07. The Morgan fingerprint density at radius 3 is 2.66 bits per heavy atom. The Kier molecular flexibility index (Phi) is 7.68. The van der Waals surface area contributed by atoms with Gasteiger partial charge in [0, 0.05) is 60.6 Å². The van der Waals surface area contributed by atoms with Gasteiger partial charge in [0.25, 0.3) is 0 Å². The molecule has 0 radical (unpaired) electrons. The lowest BCUT2D eigenvalue weighted by Crippen LogP contribution is -2.40. The van der Waals surface area contributed by atoms with Crippen LogP contribution in [0.25, 0.3) is 10.9 Å². The van der Waals surface area contributed by atoms with E-state index in [1.807, 2.05) is 21.5 Å². The molecule has 1 N–H and O–H groups in total. The van der Waals surface area contributed by atoms with Crippen molar-refractivity contribution in [2.24, 2.45) is 0 Å². The minimum Gasteiger partial charge on any atom is -0.367 e. The van der Waals surface area contributed by atoms with Crippen LogP contribution >= 0.6 is 11.3 Å². The van der Waals surface area contributed by atoms with Gasteiger partial charge in [0.15, 0.2) is 0 Å². The monoisotopic (exact) mass is 580 g/mol. The Morgan fingerprint density at radius 1 is 1.10 bits per heavy atom. The molecule has 1 saturated heterocycles. The minimum absolute atomic E-state index is 0.193. The topological polar surface area (TPSA) is 85.9 Å². The lowest BCUT2D eigenvalue weighted by molar-refractivity contribution is -0.147. The molecule has 41 heavy (non-hydrogen) atoms. The summed E-state index contributed by atoms with van der Waals surface area (Å²) in [6, 6.07) is 8.88. The number of benzene rings is 1. The quantitative estimate of drug-likeness (QED) is 0.325. The predicted octanol–water partition coefficient (Wildman–Crippen LogP) is 5.11. The van der Waals surface area contributed by atoms with Crippen LogP contribution in [-0.4, -0.2) is 67.7 Å². The zero-order valence-electron chi connectivity index (χ0n) is 22.8. The standard InChI is InChI=1S/C29H31F3N8S/c1-19-20(2-3-27-25(19)10-23(11-33)40(27)13-22-15-41-18-36-22)12-38-7-4-21(5-8-38)37-28-24-6-9-39(16-29(30,31)32)14-26(24)34-17-35-28/h2-3,10,15,17-18,21H,4-9,12-14,16H2,1H3,(H,34,35,37). The summed E-state index contributed by atoms with van der Waals surface area (Å²) in [5.41, 5.74) is 8.53. The number of halogens is 3. The van der Waals surface area contributed by atoms with E-state index in [-0.39, 0.29) is 12.6 Å². The van der Waals surface area contributed by atoms with Crippen LogP contribution in [0.3, 0.4) is 0 Å². The molecule has 0 aliphatic carbocycles. The Bertz CT molecular complexity index is 1570. The van der Waals surface area contributed by atoms with Crippen LogP contribution in [0, 0.1) is 18.3 Å². The van der Waals surface area contributed by atoms with Gasteiger partial charge in [-0.15, -0.1) is 11.3 Å². The van der Waals surface area contributed by atoms with Crippen LogP contribution in [0.5, 0.6) is 0 Å². The molecule has 3 aromatic heterocycles. The molecule has 214 valence electrons. The second-order valence-corrected chi connectivity index (χ2v) is 11.6. The van der Waals surface area contributed by atoms with Gasteiger partial charge < -0.3 is 9.88 Å². The van der Waals surface area contributed by atoms with Crippen LogP contribution in [0.1, 0.15) is 46.6 Å². The van der Waals surface area contributed by atoms with Gasteiger partial charge in [-0.05, 0) is 49.4 Å². The summed E-state index contributed by atoms with van der Waals surface area (Å²) in [5.74, 6) is 0.761. The van der Waals surface area contributed by atoms with E-state index in [0.29, 0.717) is 30.9 Å². The lowest BCUT2D eigenvalue weighted by Gasteiger charge is -2.34. The Balaban J connectivity index is 1.08. The molecule has 0 atom stereocenters. The molecule has 0 spiro atoms. The number of likely N-dealkylation sites (tertiary alicyclic amines) is 1. The van der Waals surface area contributed by atoms with E-state index in [4.69, 9.17) is 0 Å². The van der Waals surface area contributed by atoms with E-state index < -0.39 is 12.7 Å². The van der Waals surface area contributed by atoms with Gasteiger partial charge in [-0.2, -0.15) is 18.4 Å². The van der Waals surface area contributed by atoms with Crippen molar-refractivity contribution in [1.29, 1.82) is 5.26 Å². The number of hydrogen-bond donors (Lipinski definition) is 1. The summed E-state index contributed by atoms with van der Waals surface area (Å²) in [7, 11) is 0. The zero-order valence-corrected chi connectivity index (χ0v) is 23.6. The number of fused-ring (bicyclic) bond motifs is 2. The third-order valence-electron chi connectivity index (χ3n) is 8.20. The fourth-order valence-corrected chi connectivity index (χ4v) is 6.57. The molecule has 0 saturated carbocycles. The normalized spacial score (nSPS) is 17.0. The van der Waals surface area contributed by atoms with E-state index >= 15 is 0 Å². The molecular weight excluding hydrogens is 549 g/mol. The summed E-state index contributed by atoms with van der Waals surface area (Å²) in [6.07, 6.45) is -0.357. The van der Waals surface area contributed by atoms with Crippen LogP contribution in [0.15, 0.2) is 35.4 Å². The molecule has 1 fully saturated rings.